The quantitative estimate of drug-likeness (QED) is 0.678. The Kier molecular flexibility index (Phi) is 7.83. The highest BCUT2D eigenvalue weighted by Gasteiger charge is 2.18. The van der Waals surface area contributed by atoms with E-state index < -0.39 is 24.4 Å². The molecule has 0 unspecified atom stereocenters. The lowest BCUT2D eigenvalue weighted by atomic mass is 10.2. The third kappa shape index (κ3) is 5.72. The lowest BCUT2D eigenvalue weighted by molar-refractivity contribution is -0.123. The molecule has 0 fully saturated rings. The average Bonchev–Trinajstić information content (AvgIpc) is 2.71. The molecular formula is C20H20ClNO6. The molecule has 0 aromatic heterocycles. The van der Waals surface area contributed by atoms with Crippen LogP contribution in [-0.2, 0) is 9.53 Å². The van der Waals surface area contributed by atoms with Gasteiger partial charge in [-0.3, -0.25) is 14.9 Å². The molecule has 0 aliphatic carbocycles. The van der Waals surface area contributed by atoms with Crippen LogP contribution in [0.2, 0.25) is 5.02 Å². The van der Waals surface area contributed by atoms with E-state index in [0.29, 0.717) is 17.9 Å². The molecule has 2 aromatic rings. The molecule has 1 N–H and O–H groups in total. The molecule has 0 bridgehead atoms. The van der Waals surface area contributed by atoms with Gasteiger partial charge in [0.2, 0.25) is 0 Å². The highest BCUT2D eigenvalue weighted by molar-refractivity contribution is 6.32. The van der Waals surface area contributed by atoms with Crippen LogP contribution < -0.4 is 14.8 Å². The summed E-state index contributed by atoms with van der Waals surface area (Å²) >= 11 is 6.16. The zero-order chi connectivity index (χ0) is 20.5. The molecule has 2 amide bonds. The summed E-state index contributed by atoms with van der Waals surface area (Å²) in [6.45, 7) is 1.76. The van der Waals surface area contributed by atoms with Gasteiger partial charge >= 0.3 is 5.97 Å². The Morgan fingerprint density at radius 1 is 1.07 bits per heavy atom. The van der Waals surface area contributed by atoms with E-state index >= 15 is 0 Å². The number of rotatable bonds is 8. The summed E-state index contributed by atoms with van der Waals surface area (Å²) < 4.78 is 15.7. The van der Waals surface area contributed by atoms with Gasteiger partial charge in [-0.25, -0.2) is 4.79 Å². The number of carbonyl (C=O) groups excluding carboxylic acids is 3. The van der Waals surface area contributed by atoms with Crippen LogP contribution in [0.25, 0.3) is 0 Å². The molecule has 28 heavy (non-hydrogen) atoms. The Labute approximate surface area is 167 Å². The number of ether oxygens (including phenoxy) is 3. The minimum Gasteiger partial charge on any atom is -0.493 e. The topological polar surface area (TPSA) is 90.9 Å². The second-order valence-electron chi connectivity index (χ2n) is 5.66. The van der Waals surface area contributed by atoms with Crippen molar-refractivity contribution >= 4 is 29.4 Å². The molecular weight excluding hydrogens is 386 g/mol. The zero-order valence-corrected chi connectivity index (χ0v) is 16.2. The Balaban J connectivity index is 1.98. The van der Waals surface area contributed by atoms with E-state index in [-0.39, 0.29) is 16.3 Å². The molecule has 0 aliphatic heterocycles. The van der Waals surface area contributed by atoms with Gasteiger partial charge < -0.3 is 14.2 Å². The number of amides is 2. The number of methoxy groups -OCH3 is 1. The number of esters is 1. The van der Waals surface area contributed by atoms with E-state index in [1.807, 2.05) is 6.92 Å². The molecule has 7 nitrogen and oxygen atoms in total. The highest BCUT2D eigenvalue weighted by atomic mass is 35.5. The normalized spacial score (nSPS) is 10.1. The van der Waals surface area contributed by atoms with Crippen molar-refractivity contribution in [3.63, 3.8) is 0 Å². The fourth-order valence-corrected chi connectivity index (χ4v) is 2.49. The van der Waals surface area contributed by atoms with Crippen molar-refractivity contribution in [2.75, 3.05) is 20.3 Å². The summed E-state index contributed by atoms with van der Waals surface area (Å²) in [5, 5.41) is 2.33. The van der Waals surface area contributed by atoms with E-state index in [1.54, 1.807) is 30.3 Å². The van der Waals surface area contributed by atoms with Gasteiger partial charge in [0.15, 0.2) is 18.1 Å². The van der Waals surface area contributed by atoms with Crippen molar-refractivity contribution in [1.82, 2.24) is 5.32 Å². The number of benzene rings is 2. The number of nitrogens with one attached hydrogen (secondary N) is 1. The van der Waals surface area contributed by atoms with Crippen molar-refractivity contribution in [1.29, 1.82) is 0 Å². The number of halogens is 1. The van der Waals surface area contributed by atoms with E-state index in [1.165, 1.54) is 19.2 Å². The molecule has 148 valence electrons. The standard InChI is InChI=1S/C20H20ClNO6/c1-3-9-27-18-15(21)10-14(11-16(18)26-2)20(25)28-12-17(23)22-19(24)13-7-5-4-6-8-13/h4-8,10-11H,3,9,12H2,1-2H3,(H,22,23,24). The van der Waals surface area contributed by atoms with Crippen molar-refractivity contribution < 1.29 is 28.6 Å². The Hall–Kier alpha value is -3.06. The fraction of sp³-hybridized carbons (Fsp3) is 0.250. The van der Waals surface area contributed by atoms with Crippen molar-refractivity contribution in [3.05, 3.63) is 58.6 Å². The summed E-state index contributed by atoms with van der Waals surface area (Å²) in [6, 6.07) is 11.0. The van der Waals surface area contributed by atoms with Crippen LogP contribution in [0, 0.1) is 0 Å². The van der Waals surface area contributed by atoms with Gasteiger partial charge in [-0.2, -0.15) is 0 Å². The first kappa shape index (κ1) is 21.2. The monoisotopic (exact) mass is 405 g/mol. The zero-order valence-electron chi connectivity index (χ0n) is 15.5. The lowest BCUT2D eigenvalue weighted by Crippen LogP contribution is -2.34. The largest absolute Gasteiger partial charge is 0.493 e. The second-order valence-corrected chi connectivity index (χ2v) is 6.06. The summed E-state index contributed by atoms with van der Waals surface area (Å²) in [4.78, 5) is 36.0. The van der Waals surface area contributed by atoms with Gasteiger partial charge in [0.05, 0.1) is 24.3 Å². The first-order valence-corrected chi connectivity index (χ1v) is 8.90. The Bertz CT molecular complexity index is 853. The molecule has 2 rings (SSSR count). The van der Waals surface area contributed by atoms with Crippen LogP contribution in [0.3, 0.4) is 0 Å². The maximum atomic E-state index is 12.2. The lowest BCUT2D eigenvalue weighted by Gasteiger charge is -2.13. The van der Waals surface area contributed by atoms with Crippen molar-refractivity contribution in [2.45, 2.75) is 13.3 Å². The van der Waals surface area contributed by atoms with E-state index in [2.05, 4.69) is 5.32 Å². The molecule has 0 spiro atoms. The molecule has 2 aromatic carbocycles. The third-order valence-corrected chi connectivity index (χ3v) is 3.82. The second kappa shape index (κ2) is 10.3. The Morgan fingerprint density at radius 2 is 1.79 bits per heavy atom. The molecule has 0 radical (unpaired) electrons. The van der Waals surface area contributed by atoms with Gasteiger partial charge in [-0.1, -0.05) is 36.7 Å². The first-order valence-electron chi connectivity index (χ1n) is 8.53. The van der Waals surface area contributed by atoms with Gasteiger partial charge in [0.1, 0.15) is 0 Å². The van der Waals surface area contributed by atoms with Gasteiger partial charge in [-0.05, 0) is 30.7 Å². The predicted octanol–water partition coefficient (Wildman–Crippen LogP) is 3.25. The highest BCUT2D eigenvalue weighted by Crippen LogP contribution is 2.36. The van der Waals surface area contributed by atoms with E-state index in [9.17, 15) is 14.4 Å². The fourth-order valence-electron chi connectivity index (χ4n) is 2.22. The number of hydrogen-bond donors (Lipinski definition) is 1. The third-order valence-electron chi connectivity index (χ3n) is 3.54. The first-order chi connectivity index (χ1) is 13.5. The molecule has 0 aliphatic rings. The van der Waals surface area contributed by atoms with Crippen LogP contribution in [-0.4, -0.2) is 38.1 Å². The average molecular weight is 406 g/mol. The van der Waals surface area contributed by atoms with Crippen molar-refractivity contribution in [3.8, 4) is 11.5 Å². The Morgan fingerprint density at radius 3 is 2.43 bits per heavy atom. The minimum atomic E-state index is -0.787. The maximum Gasteiger partial charge on any atom is 0.338 e. The van der Waals surface area contributed by atoms with E-state index in [4.69, 9.17) is 25.8 Å². The number of hydrogen-bond acceptors (Lipinski definition) is 6. The molecule has 0 heterocycles. The summed E-state index contributed by atoms with van der Waals surface area (Å²) in [5.74, 6) is -1.51. The van der Waals surface area contributed by atoms with Gasteiger partial charge in [-0.15, -0.1) is 0 Å². The smallest absolute Gasteiger partial charge is 0.338 e. The number of imide groups is 1. The van der Waals surface area contributed by atoms with Crippen LogP contribution in [0.4, 0.5) is 0 Å². The summed E-state index contributed by atoms with van der Waals surface area (Å²) in [5.41, 5.74) is 0.411. The van der Waals surface area contributed by atoms with Crippen LogP contribution >= 0.6 is 11.6 Å². The summed E-state index contributed by atoms with van der Waals surface area (Å²) in [7, 11) is 1.42. The summed E-state index contributed by atoms with van der Waals surface area (Å²) in [6.07, 6.45) is 0.778. The SMILES string of the molecule is CCCOc1c(Cl)cc(C(=O)OCC(=O)NC(=O)c2ccccc2)cc1OC. The molecule has 8 heteroatoms. The maximum absolute atomic E-state index is 12.2. The van der Waals surface area contributed by atoms with Gasteiger partial charge in [0, 0.05) is 5.56 Å². The number of carbonyl (C=O) groups is 3. The van der Waals surface area contributed by atoms with Crippen molar-refractivity contribution in [2.24, 2.45) is 0 Å². The van der Waals surface area contributed by atoms with Crippen LogP contribution in [0.15, 0.2) is 42.5 Å². The van der Waals surface area contributed by atoms with Crippen LogP contribution in [0.1, 0.15) is 34.1 Å². The molecule has 0 saturated heterocycles. The molecule has 0 saturated carbocycles. The van der Waals surface area contributed by atoms with E-state index in [0.717, 1.165) is 6.42 Å². The predicted molar refractivity (Wildman–Crippen MR) is 103 cm³/mol. The molecule has 0 atom stereocenters. The van der Waals surface area contributed by atoms with Gasteiger partial charge in [0.25, 0.3) is 11.8 Å². The van der Waals surface area contributed by atoms with Crippen LogP contribution in [0.5, 0.6) is 11.5 Å². The minimum absolute atomic E-state index is 0.0906.